The van der Waals surface area contributed by atoms with Crippen LogP contribution in [-0.4, -0.2) is 12.5 Å². The van der Waals surface area contributed by atoms with E-state index in [2.05, 4.69) is 10.3 Å². The number of guanidine groups is 1. The molecule has 0 saturated heterocycles. The summed E-state index contributed by atoms with van der Waals surface area (Å²) in [7, 11) is 0. The second-order valence-corrected chi connectivity index (χ2v) is 4.11. The summed E-state index contributed by atoms with van der Waals surface area (Å²) in [5.41, 5.74) is 5.21. The second-order valence-electron chi connectivity index (χ2n) is 1.36. The zero-order valence-electron chi connectivity index (χ0n) is 5.09. The quantitative estimate of drug-likeness (QED) is 0.234. The molecule has 4 nitrogen and oxygen atoms in total. The molecule has 0 rings (SSSR count). The van der Waals surface area contributed by atoms with Crippen LogP contribution in [0.1, 0.15) is 0 Å². The predicted molar refractivity (Wildman–Crippen MR) is 30.0 cm³/mol. The molecule has 0 unspecified atom stereocenters. The number of hydrogen-bond donors (Lipinski definition) is 2. The Hall–Kier alpha value is -0.305. The van der Waals surface area contributed by atoms with Gasteiger partial charge in [-0.3, -0.25) is 0 Å². The van der Waals surface area contributed by atoms with Crippen LogP contribution in [0.4, 0.5) is 0 Å². The molecule has 0 aromatic heterocycles. The molecule has 0 atom stereocenters. The molecule has 0 aliphatic heterocycles. The summed E-state index contributed by atoms with van der Waals surface area (Å²) in [6, 6.07) is 0. The molecule has 0 spiro atoms. The van der Waals surface area contributed by atoms with Crippen molar-refractivity contribution < 1.29 is 26.1 Å². The zero-order valence-corrected chi connectivity index (χ0v) is 10.6. The molecule has 0 aromatic rings. The average Bonchev–Trinajstić information content (AvgIpc) is 1.85. The van der Waals surface area contributed by atoms with Crippen LogP contribution in [0, 0.1) is 11.5 Å². The Balaban J connectivity index is 3.46. The van der Waals surface area contributed by atoms with E-state index < -0.39 is 0 Å². The van der Waals surface area contributed by atoms with Crippen molar-refractivity contribution in [3.63, 3.8) is 0 Å². The summed E-state index contributed by atoms with van der Waals surface area (Å²) in [6.07, 6.45) is 1.69. The van der Waals surface area contributed by atoms with E-state index in [1.165, 1.54) is 0 Å². The van der Waals surface area contributed by atoms with Crippen molar-refractivity contribution in [2.75, 3.05) is 6.54 Å². The van der Waals surface area contributed by atoms with Gasteiger partial charge in [-0.05, 0) is 0 Å². The topological polar surface area (TPSA) is 74.2 Å². The van der Waals surface area contributed by atoms with Gasteiger partial charge in [0.1, 0.15) is 0 Å². The summed E-state index contributed by atoms with van der Waals surface area (Å²) in [5.74, 6) is 0.225. The van der Waals surface area contributed by atoms with Gasteiger partial charge < -0.3 is 0 Å². The van der Waals surface area contributed by atoms with Crippen molar-refractivity contribution in [1.82, 2.24) is 5.32 Å². The van der Waals surface area contributed by atoms with Gasteiger partial charge in [0.15, 0.2) is 0 Å². The van der Waals surface area contributed by atoms with E-state index in [4.69, 9.17) is 11.0 Å². The Morgan fingerprint density at radius 3 is 3.00 bits per heavy atom. The normalized spacial score (nSPS) is 10.6. The second kappa shape index (κ2) is 5.83. The standard InChI is InChI=1S/C4H7N4.Hg/c1-2-7-4(6)8-3-5;/h1-2H2,(H3,6,7,8);. The molecule has 9 heavy (non-hydrogen) atoms. The molecule has 0 saturated carbocycles. The fourth-order valence-corrected chi connectivity index (χ4v) is 0.911. The number of nitrogens with one attached hydrogen (secondary N) is 1. The number of rotatable bonds is 2. The first kappa shape index (κ1) is 8.70. The van der Waals surface area contributed by atoms with E-state index in [1.807, 2.05) is 0 Å². The first-order valence-electron chi connectivity index (χ1n) is 2.55. The molecular weight excluding hydrogens is 305 g/mol. The Morgan fingerprint density at radius 1 is 1.89 bits per heavy atom. The van der Waals surface area contributed by atoms with Gasteiger partial charge in [0.05, 0.1) is 0 Å². The van der Waals surface area contributed by atoms with Gasteiger partial charge in [-0.15, -0.1) is 0 Å². The van der Waals surface area contributed by atoms with Crippen molar-refractivity contribution >= 4 is 5.96 Å². The maximum absolute atomic E-state index is 8.03. The summed E-state index contributed by atoms with van der Waals surface area (Å²) >= 11 is 0.780. The predicted octanol–water partition coefficient (Wildman–Crippen LogP) is -0.663. The van der Waals surface area contributed by atoms with Crippen LogP contribution in [0.15, 0.2) is 4.99 Å². The Kier molecular flexibility index (Phi) is 5.63. The summed E-state index contributed by atoms with van der Waals surface area (Å²) < 4.78 is 1.13. The molecule has 0 radical (unpaired) electrons. The molecule has 45 valence electrons. The third-order valence-corrected chi connectivity index (χ3v) is 1.85. The molecular formula is C4H7HgN4. The number of nitriles is 1. The molecule has 0 aliphatic carbocycles. The third-order valence-electron chi connectivity index (χ3n) is 0.624. The Morgan fingerprint density at radius 2 is 2.56 bits per heavy atom. The van der Waals surface area contributed by atoms with Gasteiger partial charge in [0.25, 0.3) is 0 Å². The first-order chi connectivity index (χ1) is 4.31. The van der Waals surface area contributed by atoms with Crippen LogP contribution < -0.4 is 11.1 Å². The van der Waals surface area contributed by atoms with Crippen LogP contribution >= 0.6 is 0 Å². The number of hydrogen-bond acceptors (Lipinski definition) is 2. The van der Waals surface area contributed by atoms with E-state index in [0.717, 1.165) is 36.6 Å². The SMILES string of the molecule is N#CNC(N)=NC[CH2][Hg]. The van der Waals surface area contributed by atoms with Gasteiger partial charge in [-0.25, -0.2) is 0 Å². The molecule has 3 N–H and O–H groups in total. The van der Waals surface area contributed by atoms with Crippen LogP contribution in [0.25, 0.3) is 0 Å². The minimum absolute atomic E-state index is 0.225. The fraction of sp³-hybridized carbons (Fsp3) is 0.500. The fourth-order valence-electron chi connectivity index (χ4n) is 0.296. The van der Waals surface area contributed by atoms with Crippen molar-refractivity contribution in [1.29, 1.82) is 5.26 Å². The Bertz CT molecular complexity index is 136. The third kappa shape index (κ3) is 5.57. The molecule has 0 aromatic carbocycles. The summed E-state index contributed by atoms with van der Waals surface area (Å²) in [6.45, 7) is 0.754. The van der Waals surface area contributed by atoms with E-state index in [1.54, 1.807) is 6.19 Å². The van der Waals surface area contributed by atoms with Gasteiger partial charge >= 0.3 is 70.1 Å². The van der Waals surface area contributed by atoms with E-state index in [0.29, 0.717) is 0 Å². The van der Waals surface area contributed by atoms with Crippen LogP contribution in [0.5, 0.6) is 0 Å². The van der Waals surface area contributed by atoms with E-state index in [-0.39, 0.29) is 5.96 Å². The summed E-state index contributed by atoms with van der Waals surface area (Å²) in [4.78, 5) is 3.84. The number of nitrogens with two attached hydrogens (primary N) is 1. The van der Waals surface area contributed by atoms with Crippen LogP contribution in [-0.2, 0) is 26.1 Å². The van der Waals surface area contributed by atoms with Crippen molar-refractivity contribution in [3.05, 3.63) is 0 Å². The zero-order chi connectivity index (χ0) is 7.11. The van der Waals surface area contributed by atoms with Gasteiger partial charge in [0.2, 0.25) is 0 Å². The summed E-state index contributed by atoms with van der Waals surface area (Å²) in [5, 5.41) is 10.3. The minimum atomic E-state index is 0.225. The van der Waals surface area contributed by atoms with E-state index >= 15 is 0 Å². The van der Waals surface area contributed by atoms with Crippen LogP contribution in [0.2, 0.25) is 3.93 Å². The van der Waals surface area contributed by atoms with Crippen molar-refractivity contribution in [2.24, 2.45) is 10.7 Å². The maximum atomic E-state index is 8.03. The molecule has 0 bridgehead atoms. The first-order valence-corrected chi connectivity index (χ1v) is 6.44. The molecule has 0 fully saturated rings. The van der Waals surface area contributed by atoms with Crippen LogP contribution in [0.3, 0.4) is 0 Å². The number of aliphatic imine (C=N–C) groups is 1. The average molecular weight is 312 g/mol. The monoisotopic (exact) mass is 313 g/mol. The van der Waals surface area contributed by atoms with Gasteiger partial charge in [-0.1, -0.05) is 0 Å². The van der Waals surface area contributed by atoms with Gasteiger partial charge in [0, 0.05) is 0 Å². The molecule has 0 aliphatic rings. The van der Waals surface area contributed by atoms with Crippen molar-refractivity contribution in [2.45, 2.75) is 3.93 Å². The Labute approximate surface area is 70.1 Å². The molecule has 5 heteroatoms. The van der Waals surface area contributed by atoms with Crippen molar-refractivity contribution in [3.8, 4) is 6.19 Å². The molecule has 0 amide bonds. The molecule has 0 heterocycles. The number of nitrogens with zero attached hydrogens (tertiary/aromatic N) is 2. The van der Waals surface area contributed by atoms with E-state index in [9.17, 15) is 0 Å². The van der Waals surface area contributed by atoms with Gasteiger partial charge in [-0.2, -0.15) is 0 Å².